The van der Waals surface area contributed by atoms with E-state index in [0.29, 0.717) is 5.82 Å². The van der Waals surface area contributed by atoms with Gasteiger partial charge in [0.2, 0.25) is 0 Å². The monoisotopic (exact) mass is 290 g/mol. The zero-order valence-corrected chi connectivity index (χ0v) is 9.47. The van der Waals surface area contributed by atoms with Crippen LogP contribution in [-0.2, 0) is 0 Å². The first-order valence-corrected chi connectivity index (χ1v) is 5.29. The minimum absolute atomic E-state index is 0.551. The molecule has 0 aromatic carbocycles. The average molecular weight is 292 g/mol. The summed E-state index contributed by atoms with van der Waals surface area (Å²) in [5.74, 6) is 0.551. The zero-order chi connectivity index (χ0) is 8.97. The third-order valence-corrected chi connectivity index (χ3v) is 2.11. The number of allylic oxidation sites excluding steroid dienone is 1. The fourth-order valence-electron chi connectivity index (χ4n) is 0.771. The molecule has 0 radical (unpaired) electrons. The van der Waals surface area contributed by atoms with E-state index in [4.69, 9.17) is 5.73 Å². The molecule has 0 saturated heterocycles. The first kappa shape index (κ1) is 9.74. The first-order chi connectivity index (χ1) is 5.74. The maximum Gasteiger partial charge on any atom is 0.130 e. The third-order valence-electron chi connectivity index (χ3n) is 1.30. The predicted molar refractivity (Wildman–Crippen MR) is 59.2 cm³/mol. The molecule has 1 aromatic heterocycles. The fraction of sp³-hybridized carbons (Fsp3) is 0.125. The van der Waals surface area contributed by atoms with Gasteiger partial charge in [-0.2, -0.15) is 0 Å². The molecule has 0 aliphatic carbocycles. The Morgan fingerprint density at radius 3 is 3.00 bits per heavy atom. The molecular weight excluding hydrogens is 284 g/mol. The number of hydrogen-bond acceptors (Lipinski definition) is 2. The minimum Gasteiger partial charge on any atom is -0.383 e. The molecule has 12 heavy (non-hydrogen) atoms. The van der Waals surface area contributed by atoms with Crippen molar-refractivity contribution in [2.75, 3.05) is 11.1 Å². The van der Waals surface area contributed by atoms with Gasteiger partial charge in [-0.25, -0.2) is 4.98 Å². The topological polar surface area (TPSA) is 38.9 Å². The Morgan fingerprint density at radius 2 is 2.33 bits per heavy atom. The maximum atomic E-state index is 5.63. The Labute approximate surface area is 88.1 Å². The molecule has 0 aliphatic heterocycles. The molecule has 2 N–H and O–H groups in total. The van der Waals surface area contributed by atoms with Gasteiger partial charge >= 0.3 is 0 Å². The number of alkyl halides is 1. The van der Waals surface area contributed by atoms with Crippen LogP contribution in [0.15, 0.2) is 22.8 Å². The molecule has 64 valence electrons. The number of rotatable bonds is 2. The Balaban J connectivity index is 2.97. The smallest absolute Gasteiger partial charge is 0.130 e. The lowest BCUT2D eigenvalue weighted by molar-refractivity contribution is 1.31. The number of halogens is 2. The summed E-state index contributed by atoms with van der Waals surface area (Å²) in [5.41, 5.74) is 6.57. The summed E-state index contributed by atoms with van der Waals surface area (Å²) in [6, 6.07) is 1.93. The fourth-order valence-corrected chi connectivity index (χ4v) is 1.31. The molecule has 1 aromatic rings. The van der Waals surface area contributed by atoms with Gasteiger partial charge in [0.05, 0.1) is 0 Å². The first-order valence-electron chi connectivity index (χ1n) is 3.37. The molecule has 0 amide bonds. The molecule has 2 nitrogen and oxygen atoms in total. The van der Waals surface area contributed by atoms with E-state index in [0.717, 1.165) is 15.4 Å². The second kappa shape index (κ2) is 4.62. The highest BCUT2D eigenvalue weighted by molar-refractivity contribution is 9.10. The predicted octanol–water partition coefficient (Wildman–Crippen LogP) is 2.83. The van der Waals surface area contributed by atoms with Gasteiger partial charge < -0.3 is 5.73 Å². The van der Waals surface area contributed by atoms with Gasteiger partial charge in [0.25, 0.3) is 0 Å². The Bertz CT molecular complexity index is 297. The van der Waals surface area contributed by atoms with Crippen LogP contribution in [0.3, 0.4) is 0 Å². The van der Waals surface area contributed by atoms with E-state index >= 15 is 0 Å². The number of nitrogens with two attached hydrogens (primary N) is 1. The SMILES string of the molecule is Nc1ncc(Br)cc1C=CCBr. The molecule has 0 unspecified atom stereocenters. The van der Waals surface area contributed by atoms with Crippen LogP contribution in [0.5, 0.6) is 0 Å². The zero-order valence-electron chi connectivity index (χ0n) is 6.30. The van der Waals surface area contributed by atoms with Crippen molar-refractivity contribution in [1.82, 2.24) is 4.98 Å². The van der Waals surface area contributed by atoms with Crippen molar-refractivity contribution in [2.45, 2.75) is 0 Å². The van der Waals surface area contributed by atoms with E-state index < -0.39 is 0 Å². The highest BCUT2D eigenvalue weighted by atomic mass is 79.9. The molecule has 0 fully saturated rings. The maximum absolute atomic E-state index is 5.63. The van der Waals surface area contributed by atoms with Crippen molar-refractivity contribution in [3.8, 4) is 0 Å². The lowest BCUT2D eigenvalue weighted by atomic mass is 10.2. The lowest BCUT2D eigenvalue weighted by Gasteiger charge is -1.98. The number of pyridine rings is 1. The van der Waals surface area contributed by atoms with E-state index in [1.54, 1.807) is 6.20 Å². The summed E-state index contributed by atoms with van der Waals surface area (Å²) in [5, 5.41) is 0.818. The second-order valence-corrected chi connectivity index (χ2v) is 3.75. The second-order valence-electron chi connectivity index (χ2n) is 2.18. The Hall–Kier alpha value is -0.350. The van der Waals surface area contributed by atoms with Gasteiger partial charge in [0.15, 0.2) is 0 Å². The van der Waals surface area contributed by atoms with Gasteiger partial charge in [-0.15, -0.1) is 0 Å². The highest BCUT2D eigenvalue weighted by Gasteiger charge is 1.96. The number of aromatic nitrogens is 1. The van der Waals surface area contributed by atoms with Gasteiger partial charge in [0.1, 0.15) is 5.82 Å². The molecule has 1 heterocycles. The third kappa shape index (κ3) is 2.60. The summed E-state index contributed by atoms with van der Waals surface area (Å²) in [6.07, 6.45) is 5.59. The largest absolute Gasteiger partial charge is 0.383 e. The summed E-state index contributed by atoms with van der Waals surface area (Å²) in [6.45, 7) is 0. The summed E-state index contributed by atoms with van der Waals surface area (Å²) < 4.78 is 0.936. The summed E-state index contributed by atoms with van der Waals surface area (Å²) in [7, 11) is 0. The Morgan fingerprint density at radius 1 is 1.58 bits per heavy atom. The van der Waals surface area contributed by atoms with Crippen LogP contribution < -0.4 is 5.73 Å². The van der Waals surface area contributed by atoms with E-state index in [1.165, 1.54) is 0 Å². The van der Waals surface area contributed by atoms with Crippen LogP contribution in [0.2, 0.25) is 0 Å². The van der Waals surface area contributed by atoms with Gasteiger partial charge in [-0.3, -0.25) is 0 Å². The molecule has 1 rings (SSSR count). The van der Waals surface area contributed by atoms with Gasteiger partial charge in [-0.05, 0) is 22.0 Å². The van der Waals surface area contributed by atoms with E-state index in [-0.39, 0.29) is 0 Å². The molecule has 0 spiro atoms. The summed E-state index contributed by atoms with van der Waals surface area (Å²) in [4.78, 5) is 4.00. The lowest BCUT2D eigenvalue weighted by Crippen LogP contribution is -1.92. The molecule has 0 aliphatic rings. The normalized spacial score (nSPS) is 10.8. The van der Waals surface area contributed by atoms with Crippen molar-refractivity contribution in [3.63, 3.8) is 0 Å². The van der Waals surface area contributed by atoms with Crippen molar-refractivity contribution in [3.05, 3.63) is 28.4 Å². The number of hydrogen-bond donors (Lipinski definition) is 1. The van der Waals surface area contributed by atoms with Crippen LogP contribution in [0.4, 0.5) is 5.82 Å². The van der Waals surface area contributed by atoms with Crippen LogP contribution in [0, 0.1) is 0 Å². The van der Waals surface area contributed by atoms with Crippen molar-refractivity contribution >= 4 is 43.8 Å². The highest BCUT2D eigenvalue weighted by Crippen LogP contribution is 2.16. The van der Waals surface area contributed by atoms with Crippen molar-refractivity contribution in [2.24, 2.45) is 0 Å². The van der Waals surface area contributed by atoms with E-state index in [9.17, 15) is 0 Å². The van der Waals surface area contributed by atoms with Gasteiger partial charge in [0, 0.05) is 21.6 Å². The molecule has 0 bridgehead atoms. The standard InChI is InChI=1S/C8H8Br2N2/c9-3-1-2-6-4-7(10)5-12-8(6)11/h1-2,4-5H,3H2,(H2,11,12). The minimum atomic E-state index is 0.551. The van der Waals surface area contributed by atoms with E-state index in [1.807, 2.05) is 18.2 Å². The number of anilines is 1. The molecular formula is C8H8Br2N2. The van der Waals surface area contributed by atoms with Gasteiger partial charge in [-0.1, -0.05) is 28.1 Å². The van der Waals surface area contributed by atoms with Crippen LogP contribution >= 0.6 is 31.9 Å². The van der Waals surface area contributed by atoms with Crippen LogP contribution in [-0.4, -0.2) is 10.3 Å². The molecule has 4 heteroatoms. The van der Waals surface area contributed by atoms with Crippen molar-refractivity contribution in [1.29, 1.82) is 0 Å². The van der Waals surface area contributed by atoms with Crippen molar-refractivity contribution < 1.29 is 0 Å². The summed E-state index contributed by atoms with van der Waals surface area (Å²) >= 11 is 6.61. The average Bonchev–Trinajstić information content (AvgIpc) is 2.07. The van der Waals surface area contributed by atoms with E-state index in [2.05, 4.69) is 36.8 Å². The number of nitrogens with zero attached hydrogens (tertiary/aromatic N) is 1. The molecule has 0 atom stereocenters. The molecule has 0 saturated carbocycles. The number of nitrogen functional groups attached to an aromatic ring is 1. The quantitative estimate of drug-likeness (QED) is 0.851. The van der Waals surface area contributed by atoms with Crippen LogP contribution in [0.1, 0.15) is 5.56 Å². The Kier molecular flexibility index (Phi) is 3.75. The van der Waals surface area contributed by atoms with Crippen LogP contribution in [0.25, 0.3) is 6.08 Å².